The molecule has 0 radical (unpaired) electrons. The lowest BCUT2D eigenvalue weighted by molar-refractivity contribution is 0.989. The van der Waals surface area contributed by atoms with Gasteiger partial charge in [-0.25, -0.2) is 9.97 Å². The van der Waals surface area contributed by atoms with Gasteiger partial charge in [0.2, 0.25) is 0 Å². The standard InChI is InChI=1S/C17H20N4/c1-5-13-7-6-8-14(9-13)21-11(3)10(2)15-16(18)19-12(4)20-17(15)21/h6-9H,5H2,1-4H3,(H2,18,19,20). The topological polar surface area (TPSA) is 56.7 Å². The molecule has 0 amide bonds. The van der Waals surface area contributed by atoms with E-state index in [9.17, 15) is 0 Å². The molecule has 0 spiro atoms. The Morgan fingerprint density at radius 3 is 2.62 bits per heavy atom. The van der Waals surface area contributed by atoms with Gasteiger partial charge in [0, 0.05) is 11.4 Å². The van der Waals surface area contributed by atoms with Crippen LogP contribution in [0.2, 0.25) is 0 Å². The predicted molar refractivity (Wildman–Crippen MR) is 86.9 cm³/mol. The summed E-state index contributed by atoms with van der Waals surface area (Å²) in [5.74, 6) is 1.26. The van der Waals surface area contributed by atoms with Gasteiger partial charge in [0.05, 0.1) is 5.39 Å². The fraction of sp³-hybridized carbons (Fsp3) is 0.294. The number of rotatable bonds is 2. The maximum absolute atomic E-state index is 6.11. The van der Waals surface area contributed by atoms with Crippen LogP contribution >= 0.6 is 0 Å². The van der Waals surface area contributed by atoms with Crippen LogP contribution in [0.1, 0.15) is 29.6 Å². The number of nitrogen functional groups attached to an aromatic ring is 1. The molecule has 0 atom stereocenters. The molecule has 2 aromatic heterocycles. The Morgan fingerprint density at radius 2 is 1.90 bits per heavy atom. The summed E-state index contributed by atoms with van der Waals surface area (Å²) in [5, 5.41) is 0.958. The summed E-state index contributed by atoms with van der Waals surface area (Å²) in [7, 11) is 0. The van der Waals surface area contributed by atoms with Crippen LogP contribution in [-0.4, -0.2) is 14.5 Å². The molecule has 21 heavy (non-hydrogen) atoms. The van der Waals surface area contributed by atoms with E-state index in [0.717, 1.165) is 34.4 Å². The lowest BCUT2D eigenvalue weighted by Gasteiger charge is -2.10. The molecule has 3 rings (SSSR count). The lowest BCUT2D eigenvalue weighted by atomic mass is 10.1. The van der Waals surface area contributed by atoms with E-state index in [4.69, 9.17) is 5.73 Å². The third-order valence-electron chi connectivity index (χ3n) is 4.07. The molecule has 2 N–H and O–H groups in total. The number of anilines is 1. The summed E-state index contributed by atoms with van der Waals surface area (Å²) in [6, 6.07) is 8.55. The zero-order valence-electron chi connectivity index (χ0n) is 12.9. The van der Waals surface area contributed by atoms with Crippen molar-refractivity contribution in [3.63, 3.8) is 0 Å². The molecule has 0 aliphatic carbocycles. The summed E-state index contributed by atoms with van der Waals surface area (Å²) in [6.07, 6.45) is 1.02. The number of nitrogens with two attached hydrogens (primary N) is 1. The minimum Gasteiger partial charge on any atom is -0.383 e. The van der Waals surface area contributed by atoms with Gasteiger partial charge < -0.3 is 5.73 Å². The maximum atomic E-state index is 6.11. The van der Waals surface area contributed by atoms with E-state index in [2.05, 4.69) is 59.6 Å². The summed E-state index contributed by atoms with van der Waals surface area (Å²) in [6.45, 7) is 8.22. The minimum absolute atomic E-state index is 0.559. The Morgan fingerprint density at radius 1 is 1.14 bits per heavy atom. The smallest absolute Gasteiger partial charge is 0.150 e. The molecular weight excluding hydrogens is 260 g/mol. The average molecular weight is 280 g/mol. The number of benzene rings is 1. The van der Waals surface area contributed by atoms with Crippen LogP contribution in [0.25, 0.3) is 16.7 Å². The van der Waals surface area contributed by atoms with Crippen LogP contribution in [0.3, 0.4) is 0 Å². The second-order valence-corrected chi connectivity index (χ2v) is 5.42. The van der Waals surface area contributed by atoms with E-state index >= 15 is 0 Å². The highest BCUT2D eigenvalue weighted by atomic mass is 15.1. The molecule has 4 nitrogen and oxygen atoms in total. The van der Waals surface area contributed by atoms with E-state index in [0.29, 0.717) is 11.6 Å². The van der Waals surface area contributed by atoms with Crippen molar-refractivity contribution in [2.75, 3.05) is 5.73 Å². The van der Waals surface area contributed by atoms with Gasteiger partial charge in [-0.1, -0.05) is 19.1 Å². The average Bonchev–Trinajstić information content (AvgIpc) is 2.70. The van der Waals surface area contributed by atoms with Gasteiger partial charge in [0.15, 0.2) is 5.65 Å². The third-order valence-corrected chi connectivity index (χ3v) is 4.07. The number of fused-ring (bicyclic) bond motifs is 1. The van der Waals surface area contributed by atoms with Gasteiger partial charge in [-0.3, -0.25) is 4.57 Å². The van der Waals surface area contributed by atoms with Gasteiger partial charge >= 0.3 is 0 Å². The molecule has 0 aliphatic rings. The van der Waals surface area contributed by atoms with Crippen molar-refractivity contribution in [1.82, 2.24) is 14.5 Å². The molecule has 0 saturated heterocycles. The number of aromatic nitrogens is 3. The number of hydrogen-bond donors (Lipinski definition) is 1. The first kappa shape index (κ1) is 13.6. The summed E-state index contributed by atoms with van der Waals surface area (Å²) in [4.78, 5) is 8.92. The van der Waals surface area contributed by atoms with Crippen molar-refractivity contribution in [2.45, 2.75) is 34.1 Å². The number of nitrogens with zero attached hydrogens (tertiary/aromatic N) is 3. The highest BCUT2D eigenvalue weighted by molar-refractivity contribution is 5.92. The molecule has 4 heteroatoms. The summed E-state index contributed by atoms with van der Waals surface area (Å²) >= 11 is 0. The van der Waals surface area contributed by atoms with Crippen molar-refractivity contribution in [3.05, 3.63) is 46.9 Å². The Labute approximate surface area is 124 Å². The SMILES string of the molecule is CCc1cccc(-n2c(C)c(C)c3c(N)nc(C)nc32)c1. The quantitative estimate of drug-likeness (QED) is 0.781. The van der Waals surface area contributed by atoms with E-state index in [1.807, 2.05) is 6.92 Å². The number of aryl methyl sites for hydroxylation is 3. The first-order chi connectivity index (χ1) is 10.0. The van der Waals surface area contributed by atoms with Crippen LogP contribution in [-0.2, 0) is 6.42 Å². The Balaban J connectivity index is 2.39. The van der Waals surface area contributed by atoms with Crippen LogP contribution in [0.4, 0.5) is 5.82 Å². The number of hydrogen-bond acceptors (Lipinski definition) is 3. The highest BCUT2D eigenvalue weighted by Gasteiger charge is 2.17. The van der Waals surface area contributed by atoms with Gasteiger partial charge in [0.1, 0.15) is 11.6 Å². The van der Waals surface area contributed by atoms with Gasteiger partial charge in [0.25, 0.3) is 0 Å². The van der Waals surface area contributed by atoms with E-state index < -0.39 is 0 Å². The van der Waals surface area contributed by atoms with Crippen molar-refractivity contribution >= 4 is 16.9 Å². The fourth-order valence-corrected chi connectivity index (χ4v) is 2.84. The monoisotopic (exact) mass is 280 g/mol. The van der Waals surface area contributed by atoms with Crippen molar-refractivity contribution in [1.29, 1.82) is 0 Å². The molecule has 1 aromatic carbocycles. The highest BCUT2D eigenvalue weighted by Crippen LogP contribution is 2.30. The first-order valence-electron chi connectivity index (χ1n) is 7.24. The van der Waals surface area contributed by atoms with Crippen LogP contribution in [0.15, 0.2) is 24.3 Å². The zero-order chi connectivity index (χ0) is 15.1. The van der Waals surface area contributed by atoms with E-state index in [1.54, 1.807) is 0 Å². The van der Waals surface area contributed by atoms with Crippen molar-refractivity contribution < 1.29 is 0 Å². The molecule has 0 fully saturated rings. The maximum Gasteiger partial charge on any atom is 0.150 e. The third kappa shape index (κ3) is 2.07. The molecule has 3 aromatic rings. The first-order valence-corrected chi connectivity index (χ1v) is 7.24. The van der Waals surface area contributed by atoms with Gasteiger partial charge in [-0.15, -0.1) is 0 Å². The van der Waals surface area contributed by atoms with E-state index in [1.165, 1.54) is 5.56 Å². The molecule has 2 heterocycles. The second kappa shape index (κ2) is 4.88. The van der Waals surface area contributed by atoms with Gasteiger partial charge in [-0.05, 0) is 50.5 Å². The van der Waals surface area contributed by atoms with E-state index in [-0.39, 0.29) is 0 Å². The molecule has 108 valence electrons. The normalized spacial score (nSPS) is 11.2. The fourth-order valence-electron chi connectivity index (χ4n) is 2.84. The Hall–Kier alpha value is -2.36. The summed E-state index contributed by atoms with van der Waals surface area (Å²) in [5.41, 5.74) is 11.7. The molecule has 0 unspecified atom stereocenters. The molecular formula is C17H20N4. The van der Waals surface area contributed by atoms with Crippen molar-refractivity contribution in [2.24, 2.45) is 0 Å². The Bertz CT molecular complexity index is 830. The molecule has 0 saturated carbocycles. The van der Waals surface area contributed by atoms with Crippen molar-refractivity contribution in [3.8, 4) is 5.69 Å². The predicted octanol–water partition coefficient (Wildman–Crippen LogP) is 3.49. The largest absolute Gasteiger partial charge is 0.383 e. The molecule has 0 bridgehead atoms. The summed E-state index contributed by atoms with van der Waals surface area (Å²) < 4.78 is 2.18. The lowest BCUT2D eigenvalue weighted by Crippen LogP contribution is -2.01. The van der Waals surface area contributed by atoms with Crippen LogP contribution in [0, 0.1) is 20.8 Å². The zero-order valence-corrected chi connectivity index (χ0v) is 12.9. The second-order valence-electron chi connectivity index (χ2n) is 5.42. The van der Waals surface area contributed by atoms with Crippen LogP contribution < -0.4 is 5.73 Å². The molecule has 0 aliphatic heterocycles. The van der Waals surface area contributed by atoms with Gasteiger partial charge in [-0.2, -0.15) is 0 Å². The van der Waals surface area contributed by atoms with Crippen LogP contribution in [0.5, 0.6) is 0 Å². The minimum atomic E-state index is 0.559. The Kier molecular flexibility index (Phi) is 3.16.